The van der Waals surface area contributed by atoms with Gasteiger partial charge < -0.3 is 34.8 Å². The van der Waals surface area contributed by atoms with Crippen LogP contribution in [0.15, 0.2) is 12.4 Å². The average molecular weight is 624 g/mol. The van der Waals surface area contributed by atoms with Crippen LogP contribution < -0.4 is 10.6 Å². The van der Waals surface area contributed by atoms with Crippen LogP contribution in [0.5, 0.6) is 0 Å². The second-order valence-electron chi connectivity index (χ2n) is 12.8. The molecule has 0 saturated heterocycles. The molecule has 258 valence electrons. The van der Waals surface area contributed by atoms with Gasteiger partial charge in [-0.25, -0.2) is 9.59 Å². The van der Waals surface area contributed by atoms with Gasteiger partial charge in [-0.05, 0) is 33.1 Å². The number of nitrogens with one attached hydrogen (secondary N) is 2. The number of carbonyl (C=O) groups is 2. The first-order chi connectivity index (χ1) is 21.4. The summed E-state index contributed by atoms with van der Waals surface area (Å²) >= 11 is 0. The molecule has 0 aromatic heterocycles. The largest absolute Gasteiger partial charge is 0.442 e. The zero-order valence-electron chi connectivity index (χ0n) is 29.3. The van der Waals surface area contributed by atoms with Crippen LogP contribution in [0, 0.1) is 0 Å². The molecule has 1 aliphatic rings. The van der Waals surface area contributed by atoms with Crippen LogP contribution in [0.25, 0.3) is 0 Å². The van der Waals surface area contributed by atoms with E-state index in [-0.39, 0.29) is 18.7 Å². The number of unbranched alkanes of at least 4 members (excludes halogenated alkanes) is 16. The number of carbonyl (C=O) groups excluding carboxylic acids is 2. The quantitative estimate of drug-likeness (QED) is 0.0863. The first-order valence-corrected chi connectivity index (χ1v) is 18.0. The minimum atomic E-state index is -0.534. The maximum Gasteiger partial charge on any atom is 0.407 e. The molecular weight excluding hydrogens is 554 g/mol. The Kier molecular flexibility index (Phi) is 24.6. The number of amides is 3. The molecule has 9 nitrogen and oxygen atoms in total. The lowest BCUT2D eigenvalue weighted by Crippen LogP contribution is -2.49. The van der Waals surface area contributed by atoms with Crippen molar-refractivity contribution in [3.8, 4) is 0 Å². The van der Waals surface area contributed by atoms with Gasteiger partial charge in [0.1, 0.15) is 6.10 Å². The van der Waals surface area contributed by atoms with Gasteiger partial charge >= 0.3 is 12.1 Å². The Hall–Kier alpha value is -2.16. The highest BCUT2D eigenvalue weighted by Crippen LogP contribution is 2.14. The number of rotatable bonds is 28. The minimum Gasteiger partial charge on any atom is -0.442 e. The number of ether oxygens (including phenoxy) is 2. The monoisotopic (exact) mass is 624 g/mol. The fourth-order valence-electron chi connectivity index (χ4n) is 5.52. The molecule has 0 aliphatic carbocycles. The molecule has 9 heteroatoms. The normalized spacial score (nSPS) is 13.5. The summed E-state index contributed by atoms with van der Waals surface area (Å²) in [6, 6.07) is -0.140. The van der Waals surface area contributed by atoms with Crippen LogP contribution in [0.2, 0.25) is 0 Å². The van der Waals surface area contributed by atoms with Crippen molar-refractivity contribution in [3.05, 3.63) is 12.4 Å². The lowest BCUT2D eigenvalue weighted by Gasteiger charge is -2.30. The maximum atomic E-state index is 13.0. The van der Waals surface area contributed by atoms with E-state index in [1.165, 1.54) is 96.9 Å². The van der Waals surface area contributed by atoms with Gasteiger partial charge in [-0.15, -0.1) is 0 Å². The highest BCUT2D eigenvalue weighted by Gasteiger charge is 2.24. The smallest absolute Gasteiger partial charge is 0.407 e. The minimum absolute atomic E-state index is 0.0248. The summed E-state index contributed by atoms with van der Waals surface area (Å²) < 4.78 is 11.4. The number of alkyl carbamates (subject to hydrolysis) is 1. The zero-order valence-corrected chi connectivity index (χ0v) is 29.3. The number of hydrogen-bond acceptors (Lipinski definition) is 6. The Balaban J connectivity index is 2.16. The summed E-state index contributed by atoms with van der Waals surface area (Å²) in [5.41, 5.74) is 0. The topological polar surface area (TPSA) is 86.4 Å². The van der Waals surface area contributed by atoms with Crippen LogP contribution >= 0.6 is 0 Å². The lowest BCUT2D eigenvalue weighted by atomic mass is 10.0. The summed E-state index contributed by atoms with van der Waals surface area (Å²) in [5.74, 6) is 0. The summed E-state index contributed by atoms with van der Waals surface area (Å²) in [5, 5.41) is 5.58. The Labute approximate surface area is 270 Å². The van der Waals surface area contributed by atoms with E-state index in [1.807, 2.05) is 13.8 Å². The van der Waals surface area contributed by atoms with E-state index in [0.717, 1.165) is 38.9 Å². The van der Waals surface area contributed by atoms with Gasteiger partial charge in [-0.2, -0.15) is 0 Å². The van der Waals surface area contributed by atoms with E-state index in [2.05, 4.69) is 46.8 Å². The molecule has 0 radical (unpaired) electrons. The summed E-state index contributed by atoms with van der Waals surface area (Å²) in [6.07, 6.45) is 26.4. The van der Waals surface area contributed by atoms with Crippen LogP contribution in [0.4, 0.5) is 9.59 Å². The highest BCUT2D eigenvalue weighted by atomic mass is 16.6. The van der Waals surface area contributed by atoms with E-state index in [0.29, 0.717) is 19.7 Å². The molecule has 2 N–H and O–H groups in total. The maximum absolute atomic E-state index is 13.0. The van der Waals surface area contributed by atoms with E-state index in [4.69, 9.17) is 9.47 Å². The standard InChI is InChI=1S/C35H69N5O4/c1-6-7-8-9-10-11-12-13-14-15-16-17-18-19-20-21-24-37-34(41)40(32(2)3)29-33(44-35(42)36-4)30-43-28-23-22-25-39-27-26-38(5)31-39/h26-27,32-33H,6-25,28-31H2,1-5H3,(H,36,42)(H,37,41)/t33-/m0/s1. The van der Waals surface area contributed by atoms with Gasteiger partial charge in [0.05, 0.1) is 19.8 Å². The van der Waals surface area contributed by atoms with Crippen LogP contribution in [-0.4, -0.2) is 92.6 Å². The molecule has 0 saturated carbocycles. The van der Waals surface area contributed by atoms with Crippen molar-refractivity contribution in [2.24, 2.45) is 0 Å². The van der Waals surface area contributed by atoms with Crippen LogP contribution in [-0.2, 0) is 9.47 Å². The summed E-state index contributed by atoms with van der Waals surface area (Å²) in [7, 11) is 3.60. The molecule has 0 spiro atoms. The van der Waals surface area contributed by atoms with Crippen molar-refractivity contribution in [1.82, 2.24) is 25.3 Å². The fourth-order valence-corrected chi connectivity index (χ4v) is 5.52. The van der Waals surface area contributed by atoms with Crippen molar-refractivity contribution in [2.45, 2.75) is 148 Å². The van der Waals surface area contributed by atoms with Crippen molar-refractivity contribution < 1.29 is 19.1 Å². The predicted octanol–water partition coefficient (Wildman–Crippen LogP) is 7.87. The van der Waals surface area contributed by atoms with Gasteiger partial charge in [0.2, 0.25) is 0 Å². The third kappa shape index (κ3) is 21.5. The Morgan fingerprint density at radius 1 is 0.818 bits per heavy atom. The van der Waals surface area contributed by atoms with E-state index < -0.39 is 12.2 Å². The molecule has 1 heterocycles. The predicted molar refractivity (Wildman–Crippen MR) is 183 cm³/mol. The summed E-state index contributed by atoms with van der Waals surface area (Å²) in [6.45, 7) is 9.97. The summed E-state index contributed by atoms with van der Waals surface area (Å²) in [4.78, 5) is 31.1. The molecule has 44 heavy (non-hydrogen) atoms. The van der Waals surface area contributed by atoms with Crippen molar-refractivity contribution in [3.63, 3.8) is 0 Å². The third-order valence-corrected chi connectivity index (χ3v) is 8.29. The number of hydrogen-bond donors (Lipinski definition) is 2. The van der Waals surface area contributed by atoms with E-state index in [9.17, 15) is 9.59 Å². The molecule has 1 atom stereocenters. The van der Waals surface area contributed by atoms with E-state index in [1.54, 1.807) is 4.90 Å². The van der Waals surface area contributed by atoms with Gasteiger partial charge in [-0.1, -0.05) is 103 Å². The SMILES string of the molecule is CCCCCCCCCCCCCCCCCCNC(=O)N(C[C@@H](COCCCCN1C=CN(C)C1)OC(=O)NC)C(C)C. The molecule has 0 fully saturated rings. The molecule has 1 rings (SSSR count). The van der Waals surface area contributed by atoms with Gasteiger partial charge in [0, 0.05) is 52.2 Å². The molecular formula is C35H69N5O4. The number of nitrogens with zero attached hydrogens (tertiary/aromatic N) is 3. The van der Waals surface area contributed by atoms with Crippen LogP contribution in [0.1, 0.15) is 136 Å². The first kappa shape index (κ1) is 39.9. The molecule has 1 aliphatic heterocycles. The Bertz CT molecular complexity index is 736. The van der Waals surface area contributed by atoms with Gasteiger partial charge in [0.15, 0.2) is 0 Å². The zero-order chi connectivity index (χ0) is 32.3. The Morgan fingerprint density at radius 3 is 1.89 bits per heavy atom. The van der Waals surface area contributed by atoms with Crippen molar-refractivity contribution in [2.75, 3.05) is 53.6 Å². The molecule has 0 aromatic rings. The van der Waals surface area contributed by atoms with Gasteiger partial charge in [0.25, 0.3) is 0 Å². The number of urea groups is 1. The van der Waals surface area contributed by atoms with Crippen LogP contribution in [0.3, 0.4) is 0 Å². The molecule has 3 amide bonds. The van der Waals surface area contributed by atoms with E-state index >= 15 is 0 Å². The Morgan fingerprint density at radius 2 is 1.39 bits per heavy atom. The highest BCUT2D eigenvalue weighted by molar-refractivity contribution is 5.74. The second kappa shape index (κ2) is 27.2. The average Bonchev–Trinajstić information content (AvgIpc) is 3.43. The molecule has 0 bridgehead atoms. The lowest BCUT2D eigenvalue weighted by molar-refractivity contribution is 0.00398. The third-order valence-electron chi connectivity index (χ3n) is 8.29. The first-order valence-electron chi connectivity index (χ1n) is 18.0. The fraction of sp³-hybridized carbons (Fsp3) is 0.886. The van der Waals surface area contributed by atoms with Crippen molar-refractivity contribution >= 4 is 12.1 Å². The molecule has 0 aromatic carbocycles. The van der Waals surface area contributed by atoms with Crippen molar-refractivity contribution in [1.29, 1.82) is 0 Å². The molecule has 0 unspecified atom stereocenters. The second-order valence-corrected chi connectivity index (χ2v) is 12.8. The van der Waals surface area contributed by atoms with Gasteiger partial charge in [-0.3, -0.25) is 0 Å².